The topological polar surface area (TPSA) is 103 Å². The number of hydrogen-bond donors (Lipinski definition) is 1. The molecule has 3 aromatic carbocycles. The zero-order valence-corrected chi connectivity index (χ0v) is 25.3. The first-order valence-corrected chi connectivity index (χ1v) is 14.4. The summed E-state index contributed by atoms with van der Waals surface area (Å²) in [5.41, 5.74) is 1.01. The average molecular weight is 631 g/mol. The summed E-state index contributed by atoms with van der Waals surface area (Å²) >= 11 is 0. The van der Waals surface area contributed by atoms with Gasteiger partial charge in [0.05, 0.1) is 43.3 Å². The Balaban J connectivity index is 1.58. The zero-order chi connectivity index (χ0) is 32.8. The van der Waals surface area contributed by atoms with E-state index in [2.05, 4.69) is 20.0 Å². The predicted molar refractivity (Wildman–Crippen MR) is 165 cm³/mol. The number of amides is 3. The predicted octanol–water partition coefficient (Wildman–Crippen LogP) is 7.10. The molecule has 2 atom stereocenters. The van der Waals surface area contributed by atoms with E-state index < -0.39 is 41.4 Å². The fraction of sp³-hybridized carbons (Fsp3) is 0.235. The summed E-state index contributed by atoms with van der Waals surface area (Å²) in [6, 6.07) is 18.6. The first kappa shape index (κ1) is 30.6. The number of anilines is 1. The molecule has 236 valence electrons. The Hall–Kier alpha value is -5.39. The molecular formula is C34H29F3N4O5. The van der Waals surface area contributed by atoms with Crippen molar-refractivity contribution >= 4 is 39.4 Å². The highest BCUT2D eigenvalue weighted by molar-refractivity contribution is 6.24. The number of aromatic nitrogens is 2. The minimum atomic E-state index is -4.90. The van der Waals surface area contributed by atoms with Crippen LogP contribution in [0.5, 0.6) is 17.2 Å². The number of pyridine rings is 2. The Bertz CT molecular complexity index is 1870. The fourth-order valence-electron chi connectivity index (χ4n) is 6.52. The molecule has 12 heteroatoms. The fourth-order valence-corrected chi connectivity index (χ4v) is 6.52. The summed E-state index contributed by atoms with van der Waals surface area (Å²) in [6.45, 7) is 3.66. The van der Waals surface area contributed by atoms with Crippen molar-refractivity contribution in [3.63, 3.8) is 0 Å². The molecule has 46 heavy (non-hydrogen) atoms. The van der Waals surface area contributed by atoms with Crippen LogP contribution in [0.3, 0.4) is 0 Å². The molecule has 2 unspecified atom stereocenters. The molecule has 5 aromatic rings. The zero-order valence-electron chi connectivity index (χ0n) is 25.3. The van der Waals surface area contributed by atoms with E-state index in [0.717, 1.165) is 27.8 Å². The van der Waals surface area contributed by atoms with Gasteiger partial charge in [-0.25, -0.2) is 9.69 Å². The van der Waals surface area contributed by atoms with Gasteiger partial charge in [-0.15, -0.1) is 13.2 Å². The van der Waals surface area contributed by atoms with Crippen molar-refractivity contribution in [2.45, 2.75) is 37.6 Å². The second-order valence-corrected chi connectivity index (χ2v) is 10.9. The Morgan fingerprint density at radius 3 is 1.70 bits per heavy atom. The number of fused-ring (bicyclic) bond motifs is 2. The van der Waals surface area contributed by atoms with Crippen LogP contribution in [0.4, 0.5) is 23.7 Å². The number of hydrogen-bond acceptors (Lipinski definition) is 7. The van der Waals surface area contributed by atoms with Gasteiger partial charge in [0, 0.05) is 33.7 Å². The summed E-state index contributed by atoms with van der Waals surface area (Å²) in [7, 11) is 3.01. The van der Waals surface area contributed by atoms with E-state index in [1.54, 1.807) is 12.4 Å². The highest BCUT2D eigenvalue weighted by atomic mass is 19.4. The summed E-state index contributed by atoms with van der Waals surface area (Å²) in [5.74, 6) is -1.75. The van der Waals surface area contributed by atoms with Gasteiger partial charge in [0.2, 0.25) is 0 Å². The smallest absolute Gasteiger partial charge is 0.495 e. The molecular weight excluding hydrogens is 601 g/mol. The second-order valence-electron chi connectivity index (χ2n) is 10.9. The molecule has 0 bridgehead atoms. The first-order valence-electron chi connectivity index (χ1n) is 14.4. The number of halogens is 3. The second kappa shape index (κ2) is 11.5. The number of para-hydroxylation sites is 2. The molecule has 0 radical (unpaired) electrons. The molecule has 1 N–H and O–H groups in total. The summed E-state index contributed by atoms with van der Waals surface area (Å²) < 4.78 is 54.0. The lowest BCUT2D eigenvalue weighted by Gasteiger charge is -2.40. The highest BCUT2D eigenvalue weighted by Gasteiger charge is 2.60. The number of methoxy groups -OCH3 is 2. The van der Waals surface area contributed by atoms with Gasteiger partial charge in [-0.2, -0.15) is 0 Å². The number of nitrogens with zero attached hydrogens (tertiary/aromatic N) is 3. The SMILES string of the molecule is COc1cnc2ccccc2c1C(C)C1(C(C)c2c(OC)cnc3ccccc23)NC(=O)N(c2ccc(OC(F)(F)F)cc2)C1=O. The van der Waals surface area contributed by atoms with E-state index >= 15 is 0 Å². The highest BCUT2D eigenvalue weighted by Crippen LogP contribution is 2.50. The third-order valence-corrected chi connectivity index (χ3v) is 8.64. The maximum absolute atomic E-state index is 15.0. The number of benzene rings is 3. The summed E-state index contributed by atoms with van der Waals surface area (Å²) in [4.78, 5) is 38.9. The van der Waals surface area contributed by atoms with Gasteiger partial charge < -0.3 is 19.5 Å². The standard InChI is InChI=1S/C34H29F3N4O5/c1-19(29-23-9-5-7-11-25(23)38-17-27(29)44-3)33(20(2)30-24-10-6-8-12-26(24)39-18-28(30)45-4)31(42)41(32(43)40-33)21-13-15-22(16-14-21)46-34(35,36)37/h5-20H,1-4H3,(H,40,43). The van der Waals surface area contributed by atoms with Crippen LogP contribution < -0.4 is 24.4 Å². The van der Waals surface area contributed by atoms with Crippen molar-refractivity contribution < 1.29 is 37.0 Å². The number of urea groups is 1. The quantitative estimate of drug-likeness (QED) is 0.183. The van der Waals surface area contributed by atoms with Gasteiger partial charge in [-0.1, -0.05) is 50.2 Å². The van der Waals surface area contributed by atoms with Crippen molar-refractivity contribution in [2.75, 3.05) is 19.1 Å². The lowest BCUT2D eigenvalue weighted by molar-refractivity contribution is -0.274. The molecule has 6 rings (SSSR count). The van der Waals surface area contributed by atoms with Crippen LogP contribution in [0.2, 0.25) is 0 Å². The van der Waals surface area contributed by atoms with E-state index in [-0.39, 0.29) is 5.69 Å². The van der Waals surface area contributed by atoms with E-state index in [1.165, 1.54) is 26.4 Å². The first-order chi connectivity index (χ1) is 22.0. The minimum Gasteiger partial charge on any atom is -0.495 e. The van der Waals surface area contributed by atoms with Gasteiger partial charge in [0.1, 0.15) is 22.8 Å². The Morgan fingerprint density at radius 1 is 0.761 bits per heavy atom. The van der Waals surface area contributed by atoms with Crippen molar-refractivity contribution in [3.8, 4) is 17.2 Å². The van der Waals surface area contributed by atoms with Crippen molar-refractivity contribution in [3.05, 3.63) is 96.3 Å². The van der Waals surface area contributed by atoms with E-state index in [0.29, 0.717) is 33.7 Å². The van der Waals surface area contributed by atoms with Crippen LogP contribution in [-0.4, -0.2) is 48.0 Å². The molecule has 2 aromatic heterocycles. The number of alkyl halides is 3. The van der Waals surface area contributed by atoms with Crippen LogP contribution in [0.25, 0.3) is 21.8 Å². The number of imide groups is 1. The molecule has 1 fully saturated rings. The third-order valence-electron chi connectivity index (χ3n) is 8.64. The molecule has 0 aliphatic carbocycles. The number of rotatable bonds is 8. The maximum Gasteiger partial charge on any atom is 0.573 e. The Morgan fingerprint density at radius 2 is 1.24 bits per heavy atom. The molecule has 3 amide bonds. The molecule has 0 spiro atoms. The molecule has 0 saturated carbocycles. The average Bonchev–Trinajstić information content (AvgIpc) is 3.32. The largest absolute Gasteiger partial charge is 0.573 e. The maximum atomic E-state index is 15.0. The summed E-state index contributed by atoms with van der Waals surface area (Å²) in [6.07, 6.45) is -1.75. The van der Waals surface area contributed by atoms with Crippen molar-refractivity contribution in [1.29, 1.82) is 0 Å². The molecule has 3 heterocycles. The molecule has 1 aliphatic heterocycles. The number of carbonyl (C=O) groups is 2. The summed E-state index contributed by atoms with van der Waals surface area (Å²) in [5, 5.41) is 4.47. The number of carbonyl (C=O) groups excluding carboxylic acids is 2. The monoisotopic (exact) mass is 630 g/mol. The van der Waals surface area contributed by atoms with Gasteiger partial charge in [-0.05, 0) is 36.4 Å². The van der Waals surface area contributed by atoms with Crippen molar-refractivity contribution in [2.24, 2.45) is 0 Å². The lowest BCUT2D eigenvalue weighted by Crippen LogP contribution is -2.55. The number of ether oxygens (including phenoxy) is 3. The van der Waals surface area contributed by atoms with Crippen LogP contribution in [0, 0.1) is 0 Å². The van der Waals surface area contributed by atoms with Gasteiger partial charge in [0.15, 0.2) is 0 Å². The van der Waals surface area contributed by atoms with Crippen LogP contribution in [0.15, 0.2) is 85.2 Å². The van der Waals surface area contributed by atoms with Crippen LogP contribution in [0.1, 0.15) is 36.8 Å². The minimum absolute atomic E-state index is 0.0661. The van der Waals surface area contributed by atoms with E-state index in [4.69, 9.17) is 9.47 Å². The van der Waals surface area contributed by atoms with Crippen LogP contribution in [-0.2, 0) is 4.79 Å². The Labute approximate surface area is 261 Å². The molecule has 1 aliphatic rings. The molecule has 1 saturated heterocycles. The van der Waals surface area contributed by atoms with Crippen molar-refractivity contribution in [1.82, 2.24) is 15.3 Å². The van der Waals surface area contributed by atoms with E-state index in [9.17, 15) is 22.8 Å². The third kappa shape index (κ3) is 4.99. The lowest BCUT2D eigenvalue weighted by atomic mass is 9.68. The number of nitrogens with one attached hydrogen (secondary N) is 1. The van der Waals surface area contributed by atoms with Crippen LogP contribution >= 0.6 is 0 Å². The van der Waals surface area contributed by atoms with Gasteiger partial charge >= 0.3 is 12.4 Å². The molecule has 9 nitrogen and oxygen atoms in total. The Kier molecular flexibility index (Phi) is 7.67. The normalized spacial score (nSPS) is 18.0. The van der Waals surface area contributed by atoms with E-state index in [1.807, 2.05) is 62.4 Å². The van der Waals surface area contributed by atoms with Gasteiger partial charge in [0.25, 0.3) is 5.91 Å². The van der Waals surface area contributed by atoms with Gasteiger partial charge in [-0.3, -0.25) is 14.8 Å².